The topological polar surface area (TPSA) is 174 Å². The predicted molar refractivity (Wildman–Crippen MR) is 207 cm³/mol. The molecule has 3 aliphatic carbocycles. The van der Waals surface area contributed by atoms with Gasteiger partial charge in [-0.2, -0.15) is 0 Å². The number of hydrogen-bond acceptors (Lipinski definition) is 9. The number of nitrogens with zero attached hydrogens (tertiary/aromatic N) is 2. The van der Waals surface area contributed by atoms with Crippen molar-refractivity contribution in [1.82, 2.24) is 25.8 Å². The number of rotatable bonds is 10. The third-order valence-corrected chi connectivity index (χ3v) is 11.9. The molecule has 5 aliphatic rings. The van der Waals surface area contributed by atoms with Gasteiger partial charge in [-0.05, 0) is 93.9 Å². The van der Waals surface area contributed by atoms with Crippen LogP contribution >= 0.6 is 0 Å². The molecule has 1 aromatic carbocycles. The molecule has 4 amide bonds. The number of benzene rings is 1. The minimum Gasteiger partial charge on any atom is -0.492 e. The van der Waals surface area contributed by atoms with E-state index in [9.17, 15) is 19.2 Å². The highest BCUT2D eigenvalue weighted by Gasteiger charge is 2.60. The van der Waals surface area contributed by atoms with Crippen molar-refractivity contribution in [2.45, 2.75) is 134 Å². The zero-order chi connectivity index (χ0) is 39.1. The number of carbonyl (C=O) groups is 4. The molecule has 3 saturated carbocycles. The number of fused-ring (bicyclic) bond motifs is 5. The molecule has 4 fully saturated rings. The van der Waals surface area contributed by atoms with E-state index in [1.165, 1.54) is 17.7 Å². The molecule has 0 spiro atoms. The Morgan fingerprint density at radius 2 is 1.95 bits per heavy atom. The fraction of sp³-hybridized carbons (Fsp3) is 0.643. The van der Waals surface area contributed by atoms with Crippen molar-refractivity contribution < 1.29 is 33.4 Å². The van der Waals surface area contributed by atoms with Crippen LogP contribution in [-0.2, 0) is 25.5 Å². The van der Waals surface area contributed by atoms with E-state index in [0.717, 1.165) is 72.8 Å². The summed E-state index contributed by atoms with van der Waals surface area (Å²) in [5, 5.41) is 10.2. The standard InChI is InChI=1S/C42H58N6O7/c1-6-26-22-42(26,39(43)51)47-36(49)32-21-28-23-48(32)38(50)35(41(3,4)5)46-40(52)55-33-20-25(33)11-8-7-9-12-30-34(53-18-10-17-44-27-14-15-27)29-16-13-24(2)19-31(29)45-37(30)54-28/h6,13,16,19,25-28,32-33,35,44H,1,7-12,14-15,17-18,20-23H2,2-5H3,(H2,43,51)(H,46,52)(H,47,49)/t25-,26-,28-,32+,33-,35-,42-/m1/s1. The van der Waals surface area contributed by atoms with E-state index in [1.807, 2.05) is 33.8 Å². The quantitative estimate of drug-likeness (QED) is 0.200. The third kappa shape index (κ3) is 8.71. The number of hydrogen-bond donors (Lipinski definition) is 4. The number of pyridine rings is 1. The number of ether oxygens (including phenoxy) is 3. The van der Waals surface area contributed by atoms with Crippen LogP contribution in [-0.4, -0.2) is 89.3 Å². The van der Waals surface area contributed by atoms with Crippen LogP contribution in [0.2, 0.25) is 0 Å². The molecule has 55 heavy (non-hydrogen) atoms. The molecule has 2 aliphatic heterocycles. The molecule has 3 heterocycles. The van der Waals surface area contributed by atoms with Crippen molar-refractivity contribution in [3.05, 3.63) is 42.0 Å². The Hall–Kier alpha value is -4.39. The van der Waals surface area contributed by atoms with Gasteiger partial charge in [0, 0.05) is 23.8 Å². The Morgan fingerprint density at radius 3 is 2.65 bits per heavy atom. The number of aryl methyl sites for hydroxylation is 1. The lowest BCUT2D eigenvalue weighted by atomic mass is 9.85. The van der Waals surface area contributed by atoms with Crippen LogP contribution in [0.4, 0.5) is 4.79 Å². The maximum Gasteiger partial charge on any atom is 0.408 e. The van der Waals surface area contributed by atoms with E-state index >= 15 is 0 Å². The molecule has 1 aromatic heterocycles. The Kier molecular flexibility index (Phi) is 11.0. The largest absolute Gasteiger partial charge is 0.492 e. The molecule has 7 atom stereocenters. The van der Waals surface area contributed by atoms with Crippen LogP contribution in [0, 0.1) is 24.2 Å². The van der Waals surface area contributed by atoms with Gasteiger partial charge >= 0.3 is 6.09 Å². The first-order valence-corrected chi connectivity index (χ1v) is 20.3. The van der Waals surface area contributed by atoms with Gasteiger partial charge in [-0.3, -0.25) is 14.4 Å². The smallest absolute Gasteiger partial charge is 0.408 e. The van der Waals surface area contributed by atoms with Crippen LogP contribution in [0.15, 0.2) is 30.9 Å². The van der Waals surface area contributed by atoms with Gasteiger partial charge in [0.2, 0.25) is 23.6 Å². The van der Waals surface area contributed by atoms with Gasteiger partial charge in [-0.1, -0.05) is 45.8 Å². The summed E-state index contributed by atoms with van der Waals surface area (Å²) in [6.07, 6.45) is 9.17. The summed E-state index contributed by atoms with van der Waals surface area (Å²) in [4.78, 5) is 61.2. The van der Waals surface area contributed by atoms with Crippen molar-refractivity contribution in [2.24, 2.45) is 23.0 Å². The van der Waals surface area contributed by atoms with Crippen LogP contribution in [0.3, 0.4) is 0 Å². The number of amides is 4. The number of carbonyl (C=O) groups excluding carboxylic acids is 4. The van der Waals surface area contributed by atoms with E-state index in [2.05, 4.69) is 34.7 Å². The van der Waals surface area contributed by atoms with E-state index in [-0.39, 0.29) is 30.9 Å². The lowest BCUT2D eigenvalue weighted by Crippen LogP contribution is -2.59. The average Bonchev–Trinajstić information content (AvgIpc) is 4.08. The summed E-state index contributed by atoms with van der Waals surface area (Å²) in [7, 11) is 0. The van der Waals surface area contributed by atoms with E-state index < -0.39 is 53.0 Å². The highest BCUT2D eigenvalue weighted by Crippen LogP contribution is 2.45. The van der Waals surface area contributed by atoms with Crippen LogP contribution in [0.25, 0.3) is 10.9 Å². The van der Waals surface area contributed by atoms with Crippen LogP contribution in [0.5, 0.6) is 11.6 Å². The van der Waals surface area contributed by atoms with Crippen molar-refractivity contribution >= 4 is 34.7 Å². The van der Waals surface area contributed by atoms with E-state index in [4.69, 9.17) is 24.9 Å². The number of aromatic nitrogens is 1. The number of nitrogens with two attached hydrogens (primary N) is 1. The molecule has 1 saturated heterocycles. The summed E-state index contributed by atoms with van der Waals surface area (Å²) < 4.78 is 19.3. The minimum absolute atomic E-state index is 0.0510. The lowest BCUT2D eigenvalue weighted by molar-refractivity contribution is -0.142. The predicted octanol–water partition coefficient (Wildman–Crippen LogP) is 4.60. The number of primary amides is 1. The summed E-state index contributed by atoms with van der Waals surface area (Å²) in [6.45, 7) is 12.9. The zero-order valence-electron chi connectivity index (χ0n) is 32.8. The second-order valence-electron chi connectivity index (χ2n) is 17.5. The SMILES string of the molecule is C=C[C@@H]1C[C@]1(NC(=O)[C@@H]1C[C@@H]2CN1C(=O)[C@H](C(C)(C)C)NC(=O)O[C@@H]1C[C@H]1CCCCCc1c(nc3cc(C)ccc3c1OCCCNC1CC1)O2)C(N)=O. The summed E-state index contributed by atoms with van der Waals surface area (Å²) in [5.74, 6) is -0.446. The van der Waals surface area contributed by atoms with Gasteiger partial charge in [0.05, 0.1) is 24.2 Å². The Bertz CT molecular complexity index is 1820. The second-order valence-corrected chi connectivity index (χ2v) is 17.5. The molecule has 13 heteroatoms. The van der Waals surface area contributed by atoms with Gasteiger partial charge in [0.25, 0.3) is 0 Å². The van der Waals surface area contributed by atoms with Crippen molar-refractivity contribution in [3.8, 4) is 11.6 Å². The lowest BCUT2D eigenvalue weighted by Gasteiger charge is -2.35. The average molecular weight is 759 g/mol. The van der Waals surface area contributed by atoms with Gasteiger partial charge < -0.3 is 40.8 Å². The molecule has 5 N–H and O–H groups in total. The maximum atomic E-state index is 14.6. The minimum atomic E-state index is -1.27. The van der Waals surface area contributed by atoms with Gasteiger partial charge in [0.1, 0.15) is 35.6 Å². The van der Waals surface area contributed by atoms with Gasteiger partial charge in [-0.25, -0.2) is 9.78 Å². The molecule has 2 bridgehead atoms. The molecular formula is C42H58N6O7. The molecular weight excluding hydrogens is 700 g/mol. The summed E-state index contributed by atoms with van der Waals surface area (Å²) >= 11 is 0. The normalized spacial score (nSPS) is 29.7. The molecule has 298 valence electrons. The van der Waals surface area contributed by atoms with Crippen LogP contribution < -0.4 is 31.2 Å². The van der Waals surface area contributed by atoms with Gasteiger partial charge in [-0.15, -0.1) is 6.58 Å². The van der Waals surface area contributed by atoms with Crippen molar-refractivity contribution in [3.63, 3.8) is 0 Å². The fourth-order valence-corrected chi connectivity index (χ4v) is 8.24. The molecule has 0 unspecified atom stereocenters. The number of nitrogens with one attached hydrogen (secondary N) is 3. The van der Waals surface area contributed by atoms with E-state index in [0.29, 0.717) is 31.4 Å². The Balaban J connectivity index is 1.24. The zero-order valence-corrected chi connectivity index (χ0v) is 32.8. The monoisotopic (exact) mass is 758 g/mol. The molecule has 7 rings (SSSR count). The molecule has 2 aromatic rings. The summed E-state index contributed by atoms with van der Waals surface area (Å²) in [5.41, 5.74) is 6.47. The third-order valence-electron chi connectivity index (χ3n) is 11.9. The van der Waals surface area contributed by atoms with Gasteiger partial charge in [0.15, 0.2) is 0 Å². The fourth-order valence-electron chi connectivity index (χ4n) is 8.24. The van der Waals surface area contributed by atoms with Crippen molar-refractivity contribution in [2.75, 3.05) is 19.7 Å². The Labute approximate surface area is 323 Å². The number of alkyl carbamates (subject to hydrolysis) is 1. The highest BCUT2D eigenvalue weighted by atomic mass is 16.6. The first-order valence-electron chi connectivity index (χ1n) is 20.3. The van der Waals surface area contributed by atoms with Crippen molar-refractivity contribution in [1.29, 1.82) is 0 Å². The maximum absolute atomic E-state index is 14.6. The first kappa shape index (κ1) is 38.9. The Morgan fingerprint density at radius 1 is 1.15 bits per heavy atom. The van der Waals surface area contributed by atoms with Crippen LogP contribution in [0.1, 0.15) is 96.1 Å². The van der Waals surface area contributed by atoms with E-state index in [1.54, 1.807) is 6.08 Å². The molecule has 0 radical (unpaired) electrons. The first-order chi connectivity index (χ1) is 26.3. The molecule has 13 nitrogen and oxygen atoms in total. The second kappa shape index (κ2) is 15.6. The summed E-state index contributed by atoms with van der Waals surface area (Å²) in [6, 6.07) is 4.75. The highest BCUT2D eigenvalue weighted by molar-refractivity contribution is 5.98.